The summed E-state index contributed by atoms with van der Waals surface area (Å²) in [6.07, 6.45) is 11.8. The van der Waals surface area contributed by atoms with E-state index in [1.165, 1.54) is 68.2 Å². The molecule has 2 aliphatic carbocycles. The molecule has 0 radical (unpaired) electrons. The number of nitrogens with zero attached hydrogens (tertiary/aromatic N) is 2. The molecule has 3 aliphatic rings. The summed E-state index contributed by atoms with van der Waals surface area (Å²) < 4.78 is 5.50. The van der Waals surface area contributed by atoms with E-state index in [2.05, 4.69) is 16.3 Å². The van der Waals surface area contributed by atoms with E-state index in [4.69, 9.17) is 9.72 Å². The number of rotatable bonds is 4. The number of hydrogen-bond donors (Lipinski definition) is 1. The van der Waals surface area contributed by atoms with Gasteiger partial charge >= 0.3 is 0 Å². The highest BCUT2D eigenvalue weighted by molar-refractivity contribution is 5.47. The summed E-state index contributed by atoms with van der Waals surface area (Å²) in [6, 6.07) is 2.97. The Hall–Kier alpha value is -1.13. The summed E-state index contributed by atoms with van der Waals surface area (Å²) in [6.45, 7) is 4.93. The Bertz CT molecular complexity index is 546. The Morgan fingerprint density at radius 2 is 1.83 bits per heavy atom. The van der Waals surface area contributed by atoms with Crippen molar-refractivity contribution >= 4 is 5.82 Å². The molecular formula is C20H31N3O. The van der Waals surface area contributed by atoms with Crippen LogP contribution in [0, 0.1) is 0 Å². The molecule has 0 atom stereocenters. The van der Waals surface area contributed by atoms with Gasteiger partial charge in [-0.25, -0.2) is 4.98 Å². The second-order valence-corrected chi connectivity index (χ2v) is 7.67. The Labute approximate surface area is 146 Å². The van der Waals surface area contributed by atoms with Gasteiger partial charge in [-0.2, -0.15) is 0 Å². The van der Waals surface area contributed by atoms with Gasteiger partial charge in [-0.15, -0.1) is 0 Å². The number of fused-ring (bicyclic) bond motifs is 1. The SMILES string of the molecule is c1c(NC2CCCCCC2)nc2c(c1CN1CCOCC1)CCC2. The van der Waals surface area contributed by atoms with E-state index >= 15 is 0 Å². The number of nitrogens with one attached hydrogen (secondary N) is 1. The van der Waals surface area contributed by atoms with Gasteiger partial charge in [-0.05, 0) is 49.3 Å². The first-order valence-corrected chi connectivity index (χ1v) is 9.97. The van der Waals surface area contributed by atoms with E-state index in [1.54, 1.807) is 0 Å². The van der Waals surface area contributed by atoms with Crippen molar-refractivity contribution < 1.29 is 4.74 Å². The first-order valence-electron chi connectivity index (χ1n) is 9.97. The van der Waals surface area contributed by atoms with E-state index in [0.717, 1.165) is 45.1 Å². The molecule has 1 aromatic rings. The molecule has 24 heavy (non-hydrogen) atoms. The fourth-order valence-corrected chi connectivity index (χ4v) is 4.47. The van der Waals surface area contributed by atoms with Gasteiger partial charge in [0.25, 0.3) is 0 Å². The third-order valence-corrected chi connectivity index (χ3v) is 5.85. The van der Waals surface area contributed by atoms with E-state index in [1.807, 2.05) is 0 Å². The Morgan fingerprint density at radius 3 is 2.62 bits per heavy atom. The zero-order chi connectivity index (χ0) is 16.2. The number of pyridine rings is 1. The molecule has 1 saturated heterocycles. The zero-order valence-corrected chi connectivity index (χ0v) is 14.9. The van der Waals surface area contributed by atoms with Crippen LogP contribution in [-0.4, -0.2) is 42.2 Å². The molecule has 0 spiro atoms. The number of morpholine rings is 1. The van der Waals surface area contributed by atoms with Crippen molar-refractivity contribution in [3.63, 3.8) is 0 Å². The van der Waals surface area contributed by atoms with Crippen LogP contribution in [0.3, 0.4) is 0 Å². The third-order valence-electron chi connectivity index (χ3n) is 5.85. The Kier molecular flexibility index (Phi) is 5.34. The van der Waals surface area contributed by atoms with Crippen LogP contribution in [0.5, 0.6) is 0 Å². The molecule has 1 N–H and O–H groups in total. The summed E-state index contributed by atoms with van der Waals surface area (Å²) in [5, 5.41) is 3.77. The number of anilines is 1. The lowest BCUT2D eigenvalue weighted by Crippen LogP contribution is -2.36. The summed E-state index contributed by atoms with van der Waals surface area (Å²) >= 11 is 0. The summed E-state index contributed by atoms with van der Waals surface area (Å²) in [7, 11) is 0. The highest BCUT2D eigenvalue weighted by atomic mass is 16.5. The van der Waals surface area contributed by atoms with Crippen LogP contribution in [0.1, 0.15) is 61.8 Å². The van der Waals surface area contributed by atoms with Crippen molar-refractivity contribution in [2.45, 2.75) is 70.4 Å². The van der Waals surface area contributed by atoms with Gasteiger partial charge in [0.2, 0.25) is 0 Å². The highest BCUT2D eigenvalue weighted by Gasteiger charge is 2.21. The van der Waals surface area contributed by atoms with Crippen LogP contribution in [-0.2, 0) is 24.1 Å². The van der Waals surface area contributed by atoms with Crippen molar-refractivity contribution in [1.29, 1.82) is 0 Å². The summed E-state index contributed by atoms with van der Waals surface area (Å²) in [5.41, 5.74) is 4.40. The highest BCUT2D eigenvalue weighted by Crippen LogP contribution is 2.29. The van der Waals surface area contributed by atoms with Crippen molar-refractivity contribution in [3.8, 4) is 0 Å². The maximum atomic E-state index is 5.50. The van der Waals surface area contributed by atoms with Crippen molar-refractivity contribution in [2.24, 2.45) is 0 Å². The van der Waals surface area contributed by atoms with Gasteiger partial charge in [0.05, 0.1) is 13.2 Å². The number of aromatic nitrogens is 1. The topological polar surface area (TPSA) is 37.4 Å². The Balaban J connectivity index is 1.50. The molecule has 1 aliphatic heterocycles. The first-order chi connectivity index (χ1) is 11.9. The molecule has 4 heteroatoms. The Morgan fingerprint density at radius 1 is 1.04 bits per heavy atom. The molecule has 4 rings (SSSR count). The first kappa shape index (κ1) is 16.3. The molecule has 0 unspecified atom stereocenters. The maximum absolute atomic E-state index is 5.50. The van der Waals surface area contributed by atoms with Gasteiger partial charge < -0.3 is 10.1 Å². The molecule has 132 valence electrons. The van der Waals surface area contributed by atoms with E-state index in [-0.39, 0.29) is 0 Å². The van der Waals surface area contributed by atoms with Crippen LogP contribution in [0.2, 0.25) is 0 Å². The minimum Gasteiger partial charge on any atom is -0.379 e. The molecule has 0 amide bonds. The molecular weight excluding hydrogens is 298 g/mol. The maximum Gasteiger partial charge on any atom is 0.126 e. The number of ether oxygens (including phenoxy) is 1. The average molecular weight is 329 g/mol. The average Bonchev–Trinajstić information content (AvgIpc) is 2.93. The predicted octanol–water partition coefficient (Wildman–Crippen LogP) is 3.54. The fourth-order valence-electron chi connectivity index (χ4n) is 4.47. The van der Waals surface area contributed by atoms with Crippen LogP contribution < -0.4 is 5.32 Å². The zero-order valence-electron chi connectivity index (χ0n) is 14.9. The van der Waals surface area contributed by atoms with E-state index in [9.17, 15) is 0 Å². The molecule has 1 aromatic heterocycles. The van der Waals surface area contributed by atoms with Crippen LogP contribution in [0.4, 0.5) is 5.82 Å². The lowest BCUT2D eigenvalue weighted by Gasteiger charge is -2.28. The molecule has 2 heterocycles. The van der Waals surface area contributed by atoms with Crippen molar-refractivity contribution in [2.75, 3.05) is 31.6 Å². The molecule has 4 nitrogen and oxygen atoms in total. The van der Waals surface area contributed by atoms with Crippen LogP contribution in [0.15, 0.2) is 6.07 Å². The minimum atomic E-state index is 0.621. The van der Waals surface area contributed by atoms with E-state index in [0.29, 0.717) is 6.04 Å². The normalized spacial score (nSPS) is 23.0. The minimum absolute atomic E-state index is 0.621. The molecule has 0 bridgehead atoms. The van der Waals surface area contributed by atoms with Gasteiger partial charge in [0, 0.05) is 31.4 Å². The number of hydrogen-bond acceptors (Lipinski definition) is 4. The molecule has 0 aromatic carbocycles. The summed E-state index contributed by atoms with van der Waals surface area (Å²) in [4.78, 5) is 7.51. The van der Waals surface area contributed by atoms with Gasteiger partial charge in [-0.3, -0.25) is 4.90 Å². The van der Waals surface area contributed by atoms with Crippen LogP contribution >= 0.6 is 0 Å². The predicted molar refractivity (Wildman–Crippen MR) is 97.5 cm³/mol. The van der Waals surface area contributed by atoms with Gasteiger partial charge in [0.1, 0.15) is 5.82 Å². The van der Waals surface area contributed by atoms with Gasteiger partial charge in [-0.1, -0.05) is 25.7 Å². The smallest absolute Gasteiger partial charge is 0.126 e. The van der Waals surface area contributed by atoms with Gasteiger partial charge in [0.15, 0.2) is 0 Å². The van der Waals surface area contributed by atoms with Crippen molar-refractivity contribution in [3.05, 3.63) is 22.9 Å². The standard InChI is InChI=1S/C20H31N3O/c1-2-4-7-17(6-3-1)21-20-14-16(15-23-10-12-24-13-11-23)18-8-5-9-19(18)22-20/h14,17H,1-13,15H2,(H,21,22). The second-order valence-electron chi connectivity index (χ2n) is 7.67. The lowest BCUT2D eigenvalue weighted by molar-refractivity contribution is 0.0341. The monoisotopic (exact) mass is 329 g/mol. The second kappa shape index (κ2) is 7.83. The molecule has 2 fully saturated rings. The van der Waals surface area contributed by atoms with Crippen LogP contribution in [0.25, 0.3) is 0 Å². The van der Waals surface area contributed by atoms with E-state index < -0.39 is 0 Å². The number of aryl methyl sites for hydroxylation is 1. The largest absolute Gasteiger partial charge is 0.379 e. The third kappa shape index (κ3) is 3.92. The quantitative estimate of drug-likeness (QED) is 0.858. The molecule has 1 saturated carbocycles. The lowest BCUT2D eigenvalue weighted by atomic mass is 10.1. The fraction of sp³-hybridized carbons (Fsp3) is 0.750. The summed E-state index contributed by atoms with van der Waals surface area (Å²) in [5.74, 6) is 1.13. The van der Waals surface area contributed by atoms with Crippen molar-refractivity contribution in [1.82, 2.24) is 9.88 Å².